The predicted octanol–water partition coefficient (Wildman–Crippen LogP) is 5.21. The molecule has 5 rings (SSSR count). The van der Waals surface area contributed by atoms with Crippen molar-refractivity contribution in [2.24, 2.45) is 45.5 Å². The summed E-state index contributed by atoms with van der Waals surface area (Å²) < 4.78 is 0. The van der Waals surface area contributed by atoms with E-state index in [1.165, 1.54) is 44.9 Å². The number of hydrogen-bond acceptors (Lipinski definition) is 4. The average molecular weight is 438 g/mol. The van der Waals surface area contributed by atoms with Crippen LogP contribution < -0.4 is 5.43 Å². The molecule has 8 atom stereocenters. The highest BCUT2D eigenvalue weighted by Gasteiger charge is 2.60. The lowest BCUT2D eigenvalue weighted by atomic mass is 9.44. The Bertz CT molecular complexity index is 886. The van der Waals surface area contributed by atoms with Crippen LogP contribution in [0.15, 0.2) is 29.6 Å². The van der Waals surface area contributed by atoms with E-state index in [9.17, 15) is 9.90 Å². The molecule has 4 aliphatic carbocycles. The summed E-state index contributed by atoms with van der Waals surface area (Å²) in [5.74, 6) is 3.38. The second-order valence-electron chi connectivity index (χ2n) is 11.7. The first kappa shape index (κ1) is 22.1. The van der Waals surface area contributed by atoms with Crippen LogP contribution >= 0.6 is 0 Å². The molecular weight excluding hydrogens is 398 g/mol. The minimum Gasteiger partial charge on any atom is -0.393 e. The first-order chi connectivity index (χ1) is 15.3. The molecule has 4 fully saturated rings. The molecule has 32 heavy (non-hydrogen) atoms. The number of nitrogens with one attached hydrogen (secondary N) is 1. The largest absolute Gasteiger partial charge is 0.393 e. The van der Waals surface area contributed by atoms with Gasteiger partial charge in [0.25, 0.3) is 5.91 Å². The fraction of sp³-hybridized carbons (Fsp3) is 0.741. The fourth-order valence-corrected chi connectivity index (χ4v) is 8.71. The summed E-state index contributed by atoms with van der Waals surface area (Å²) in [5, 5.41) is 14.8. The number of carbonyl (C=O) groups is 1. The number of aliphatic hydroxyl groups is 1. The minimum absolute atomic E-state index is 0.0736. The van der Waals surface area contributed by atoms with Crippen LogP contribution in [0.3, 0.4) is 0 Å². The summed E-state index contributed by atoms with van der Waals surface area (Å²) in [6, 6.07) is 3.44. The van der Waals surface area contributed by atoms with E-state index >= 15 is 0 Å². The lowest BCUT2D eigenvalue weighted by Gasteiger charge is -2.61. The second-order valence-corrected chi connectivity index (χ2v) is 11.7. The predicted molar refractivity (Wildman–Crippen MR) is 126 cm³/mol. The van der Waals surface area contributed by atoms with E-state index in [1.807, 2.05) is 0 Å². The molecule has 1 heterocycles. The monoisotopic (exact) mass is 437 g/mol. The maximum absolute atomic E-state index is 12.4. The number of carbonyl (C=O) groups excluding carboxylic acids is 1. The van der Waals surface area contributed by atoms with Crippen LogP contribution in [-0.4, -0.2) is 27.8 Å². The Morgan fingerprint density at radius 3 is 2.53 bits per heavy atom. The van der Waals surface area contributed by atoms with Gasteiger partial charge in [-0.1, -0.05) is 13.8 Å². The zero-order chi connectivity index (χ0) is 22.5. The number of nitrogens with zero attached hydrogens (tertiary/aromatic N) is 2. The van der Waals surface area contributed by atoms with Crippen LogP contribution in [0, 0.1) is 40.4 Å². The molecule has 5 nitrogen and oxygen atoms in total. The normalized spacial score (nSPS) is 43.7. The van der Waals surface area contributed by atoms with Crippen molar-refractivity contribution in [2.45, 2.75) is 84.7 Å². The molecule has 174 valence electrons. The molecule has 0 aromatic carbocycles. The number of aliphatic hydroxyl groups excluding tert-OH is 1. The fourth-order valence-electron chi connectivity index (χ4n) is 8.71. The molecule has 0 bridgehead atoms. The van der Waals surface area contributed by atoms with Crippen LogP contribution in [-0.2, 0) is 0 Å². The summed E-state index contributed by atoms with van der Waals surface area (Å²) in [5.41, 5.74) is 5.17. The van der Waals surface area contributed by atoms with Crippen molar-refractivity contribution in [1.29, 1.82) is 0 Å². The molecule has 1 amide bonds. The van der Waals surface area contributed by atoms with Gasteiger partial charge in [-0.2, -0.15) is 5.10 Å². The quantitative estimate of drug-likeness (QED) is 0.504. The van der Waals surface area contributed by atoms with Crippen LogP contribution in [0.1, 0.15) is 88.9 Å². The van der Waals surface area contributed by atoms with Gasteiger partial charge in [0.1, 0.15) is 0 Å². The van der Waals surface area contributed by atoms with Gasteiger partial charge in [0.15, 0.2) is 0 Å². The number of amides is 1. The first-order valence-corrected chi connectivity index (χ1v) is 12.8. The minimum atomic E-state index is -0.166. The van der Waals surface area contributed by atoms with Crippen molar-refractivity contribution in [3.63, 3.8) is 0 Å². The van der Waals surface area contributed by atoms with E-state index in [1.54, 1.807) is 24.5 Å². The van der Waals surface area contributed by atoms with Crippen molar-refractivity contribution in [1.82, 2.24) is 10.4 Å². The molecule has 8 unspecified atom stereocenters. The molecule has 0 aliphatic heterocycles. The average Bonchev–Trinajstić information content (AvgIpc) is 3.15. The van der Waals surface area contributed by atoms with Gasteiger partial charge in [-0.05, 0) is 111 Å². The molecule has 2 N–H and O–H groups in total. The third-order valence-corrected chi connectivity index (χ3v) is 10.4. The molecular formula is C27H39N3O2. The molecule has 1 aromatic heterocycles. The van der Waals surface area contributed by atoms with Crippen LogP contribution in [0.5, 0.6) is 0 Å². The molecule has 1 aromatic rings. The highest BCUT2D eigenvalue weighted by atomic mass is 16.3. The molecule has 0 radical (unpaired) electrons. The SMILES string of the molecule is CC(=NNC(=O)c1ccncc1)C1CCC2C3CCC4CC(O)CCC4(C)C3CCC12C. The lowest BCUT2D eigenvalue weighted by molar-refractivity contribution is -0.123. The van der Waals surface area contributed by atoms with E-state index in [-0.39, 0.29) is 17.4 Å². The van der Waals surface area contributed by atoms with Crippen LogP contribution in [0.4, 0.5) is 0 Å². The summed E-state index contributed by atoms with van der Waals surface area (Å²) in [6.45, 7) is 7.17. The number of pyridine rings is 1. The molecule has 4 saturated carbocycles. The van der Waals surface area contributed by atoms with Crippen molar-refractivity contribution < 1.29 is 9.90 Å². The smallest absolute Gasteiger partial charge is 0.271 e. The number of hydrazone groups is 1. The van der Waals surface area contributed by atoms with Gasteiger partial charge < -0.3 is 5.11 Å². The molecule has 5 heteroatoms. The van der Waals surface area contributed by atoms with Gasteiger partial charge in [0.2, 0.25) is 0 Å². The Balaban J connectivity index is 1.31. The van der Waals surface area contributed by atoms with E-state index in [0.717, 1.165) is 36.3 Å². The van der Waals surface area contributed by atoms with Gasteiger partial charge in [-0.3, -0.25) is 9.78 Å². The number of fused-ring (bicyclic) bond motifs is 5. The topological polar surface area (TPSA) is 74.6 Å². The maximum Gasteiger partial charge on any atom is 0.271 e. The number of hydrogen-bond donors (Lipinski definition) is 2. The lowest BCUT2D eigenvalue weighted by Crippen LogP contribution is -2.54. The van der Waals surface area contributed by atoms with Gasteiger partial charge in [-0.25, -0.2) is 5.43 Å². The maximum atomic E-state index is 12.4. The Morgan fingerprint density at radius 1 is 1.03 bits per heavy atom. The summed E-state index contributed by atoms with van der Waals surface area (Å²) in [6.07, 6.45) is 14.1. The Kier molecular flexibility index (Phi) is 5.68. The van der Waals surface area contributed by atoms with Crippen molar-refractivity contribution in [2.75, 3.05) is 0 Å². The van der Waals surface area contributed by atoms with Gasteiger partial charge in [0, 0.05) is 29.6 Å². The Labute approximate surface area is 192 Å². The van der Waals surface area contributed by atoms with Crippen LogP contribution in [0.2, 0.25) is 0 Å². The third kappa shape index (κ3) is 3.52. The standard InChI is InChI=1S/C27H39N3O2/c1-17(29-30-25(32)18-10-14-28-15-11-18)22-6-7-23-21-5-4-19-16-20(31)8-12-26(19,2)24(21)9-13-27(22,23)3/h10-11,14-15,19-24,31H,4-9,12-13,16H2,1-3H3,(H,30,32). The van der Waals surface area contributed by atoms with Gasteiger partial charge >= 0.3 is 0 Å². The number of rotatable bonds is 3. The van der Waals surface area contributed by atoms with Gasteiger partial charge in [-0.15, -0.1) is 0 Å². The second kappa shape index (κ2) is 8.23. The van der Waals surface area contributed by atoms with Crippen molar-refractivity contribution in [3.05, 3.63) is 30.1 Å². The van der Waals surface area contributed by atoms with E-state index < -0.39 is 0 Å². The van der Waals surface area contributed by atoms with Crippen LogP contribution in [0.25, 0.3) is 0 Å². The van der Waals surface area contributed by atoms with Crippen molar-refractivity contribution >= 4 is 11.6 Å². The van der Waals surface area contributed by atoms with Gasteiger partial charge in [0.05, 0.1) is 6.10 Å². The first-order valence-electron chi connectivity index (χ1n) is 12.8. The zero-order valence-electron chi connectivity index (χ0n) is 19.9. The zero-order valence-corrected chi connectivity index (χ0v) is 19.9. The highest BCUT2D eigenvalue weighted by Crippen LogP contribution is 2.67. The summed E-state index contributed by atoms with van der Waals surface area (Å²) >= 11 is 0. The summed E-state index contributed by atoms with van der Waals surface area (Å²) in [7, 11) is 0. The Hall–Kier alpha value is -1.75. The summed E-state index contributed by atoms with van der Waals surface area (Å²) in [4.78, 5) is 16.4. The third-order valence-electron chi connectivity index (χ3n) is 10.4. The van der Waals surface area contributed by atoms with E-state index in [2.05, 4.69) is 36.3 Å². The number of aromatic nitrogens is 1. The molecule has 4 aliphatic rings. The highest BCUT2D eigenvalue weighted by molar-refractivity contribution is 5.95. The van der Waals surface area contributed by atoms with E-state index in [0.29, 0.717) is 22.8 Å². The molecule has 0 spiro atoms. The Morgan fingerprint density at radius 2 is 1.75 bits per heavy atom. The van der Waals surface area contributed by atoms with E-state index in [4.69, 9.17) is 0 Å². The van der Waals surface area contributed by atoms with Crippen molar-refractivity contribution in [3.8, 4) is 0 Å². The molecule has 0 saturated heterocycles.